The average molecular weight is 244 g/mol. The van der Waals surface area contributed by atoms with Crippen LogP contribution in [0.15, 0.2) is 12.3 Å². The molecule has 0 amide bonds. The van der Waals surface area contributed by atoms with E-state index < -0.39 is 0 Å². The Morgan fingerprint density at radius 3 is 2.94 bits per heavy atom. The van der Waals surface area contributed by atoms with E-state index in [1.807, 2.05) is 0 Å². The summed E-state index contributed by atoms with van der Waals surface area (Å²) >= 11 is 5.70. The Morgan fingerprint density at radius 2 is 2.25 bits per heavy atom. The third-order valence-corrected chi connectivity index (χ3v) is 2.22. The van der Waals surface area contributed by atoms with Crippen LogP contribution in [0, 0.1) is 5.92 Å². The van der Waals surface area contributed by atoms with Crippen molar-refractivity contribution < 1.29 is 4.74 Å². The van der Waals surface area contributed by atoms with Crippen LogP contribution in [0.4, 0.5) is 5.69 Å². The molecule has 1 rings (SSSR count). The molecule has 1 heterocycles. The summed E-state index contributed by atoms with van der Waals surface area (Å²) in [6, 6.07) is 1.74. The molecule has 0 saturated heterocycles. The molecular formula is C11H18ClN3O. The van der Waals surface area contributed by atoms with Gasteiger partial charge in [0.25, 0.3) is 0 Å². The number of nitrogens with one attached hydrogen (secondary N) is 1. The lowest BCUT2D eigenvalue weighted by atomic mass is 10.1. The Hall–Kier alpha value is -0.870. The van der Waals surface area contributed by atoms with Gasteiger partial charge in [-0.2, -0.15) is 5.10 Å². The molecule has 1 aromatic heterocycles. The van der Waals surface area contributed by atoms with Gasteiger partial charge in [0, 0.05) is 19.2 Å². The van der Waals surface area contributed by atoms with Crippen molar-refractivity contribution in [1.29, 1.82) is 0 Å². The zero-order valence-electron chi connectivity index (χ0n) is 9.74. The summed E-state index contributed by atoms with van der Waals surface area (Å²) in [5, 5.41) is 11.0. The monoisotopic (exact) mass is 243 g/mol. The first-order valence-corrected chi connectivity index (χ1v) is 5.86. The van der Waals surface area contributed by atoms with Gasteiger partial charge in [0.15, 0.2) is 5.15 Å². The Morgan fingerprint density at radius 1 is 1.44 bits per heavy atom. The summed E-state index contributed by atoms with van der Waals surface area (Å²) in [7, 11) is 0. The lowest BCUT2D eigenvalue weighted by Gasteiger charge is -2.08. The predicted molar refractivity (Wildman–Crippen MR) is 65.8 cm³/mol. The number of rotatable bonds is 7. The van der Waals surface area contributed by atoms with Crippen LogP contribution in [0.25, 0.3) is 0 Å². The maximum Gasteiger partial charge on any atom is 0.153 e. The van der Waals surface area contributed by atoms with Crippen molar-refractivity contribution in [3.63, 3.8) is 0 Å². The van der Waals surface area contributed by atoms with Gasteiger partial charge in [-0.1, -0.05) is 25.4 Å². The summed E-state index contributed by atoms with van der Waals surface area (Å²) in [5.41, 5.74) is 0.868. The van der Waals surface area contributed by atoms with Crippen LogP contribution < -0.4 is 5.32 Å². The van der Waals surface area contributed by atoms with Gasteiger partial charge in [-0.15, -0.1) is 5.10 Å². The van der Waals surface area contributed by atoms with Crippen LogP contribution in [0.5, 0.6) is 0 Å². The average Bonchev–Trinajstić information content (AvgIpc) is 2.23. The maximum absolute atomic E-state index is 5.70. The lowest BCUT2D eigenvalue weighted by Crippen LogP contribution is -2.11. The molecule has 0 spiro atoms. The molecule has 4 nitrogen and oxygen atoms in total. The SMILES string of the molecule is CC(C)CCOCCNc1cnnc(Cl)c1. The van der Waals surface area contributed by atoms with E-state index >= 15 is 0 Å². The minimum Gasteiger partial charge on any atom is -0.381 e. The first kappa shape index (κ1) is 13.2. The normalized spacial score (nSPS) is 10.8. The van der Waals surface area contributed by atoms with Gasteiger partial charge in [-0.05, 0) is 12.3 Å². The van der Waals surface area contributed by atoms with Crippen molar-refractivity contribution >= 4 is 17.3 Å². The molecule has 90 valence electrons. The van der Waals surface area contributed by atoms with E-state index in [0.29, 0.717) is 17.7 Å². The highest BCUT2D eigenvalue weighted by Gasteiger charge is 1.96. The van der Waals surface area contributed by atoms with Crippen molar-refractivity contribution in [1.82, 2.24) is 10.2 Å². The molecule has 0 unspecified atom stereocenters. The molecule has 1 aromatic rings. The molecular weight excluding hydrogens is 226 g/mol. The molecule has 1 N–H and O–H groups in total. The number of nitrogens with zero attached hydrogens (tertiary/aromatic N) is 2. The molecule has 0 aliphatic carbocycles. The Bertz CT molecular complexity index is 307. The van der Waals surface area contributed by atoms with E-state index in [2.05, 4.69) is 29.4 Å². The lowest BCUT2D eigenvalue weighted by molar-refractivity contribution is 0.132. The number of aromatic nitrogens is 2. The molecule has 0 radical (unpaired) electrons. The highest BCUT2D eigenvalue weighted by atomic mass is 35.5. The zero-order chi connectivity index (χ0) is 11.8. The number of halogens is 1. The van der Waals surface area contributed by atoms with Crippen LogP contribution in [0.3, 0.4) is 0 Å². The molecule has 0 atom stereocenters. The molecule has 0 fully saturated rings. The van der Waals surface area contributed by atoms with E-state index in [-0.39, 0.29) is 0 Å². The van der Waals surface area contributed by atoms with Gasteiger partial charge in [-0.3, -0.25) is 0 Å². The van der Waals surface area contributed by atoms with Gasteiger partial charge >= 0.3 is 0 Å². The van der Waals surface area contributed by atoms with Gasteiger partial charge in [-0.25, -0.2) is 0 Å². The maximum atomic E-state index is 5.70. The smallest absolute Gasteiger partial charge is 0.153 e. The Labute approximate surface area is 101 Å². The fraction of sp³-hybridized carbons (Fsp3) is 0.636. The molecule has 0 saturated carbocycles. The Kier molecular flexibility index (Phi) is 6.11. The second kappa shape index (κ2) is 7.41. The van der Waals surface area contributed by atoms with E-state index in [9.17, 15) is 0 Å². The summed E-state index contributed by atoms with van der Waals surface area (Å²) in [6.07, 6.45) is 2.74. The van der Waals surface area contributed by atoms with Crippen molar-refractivity contribution in [2.75, 3.05) is 25.1 Å². The van der Waals surface area contributed by atoms with E-state index in [1.54, 1.807) is 12.3 Å². The summed E-state index contributed by atoms with van der Waals surface area (Å²) in [4.78, 5) is 0. The van der Waals surface area contributed by atoms with E-state index in [0.717, 1.165) is 25.3 Å². The van der Waals surface area contributed by atoms with Crippen LogP contribution in [0.2, 0.25) is 5.15 Å². The van der Waals surface area contributed by atoms with Crippen LogP contribution in [-0.2, 0) is 4.74 Å². The Balaban J connectivity index is 2.07. The zero-order valence-corrected chi connectivity index (χ0v) is 10.5. The molecule has 0 aliphatic heterocycles. The van der Waals surface area contributed by atoms with Crippen molar-refractivity contribution in [2.45, 2.75) is 20.3 Å². The summed E-state index contributed by atoms with van der Waals surface area (Å²) in [6.45, 7) is 6.62. The van der Waals surface area contributed by atoms with Crippen molar-refractivity contribution in [3.05, 3.63) is 17.4 Å². The number of anilines is 1. The fourth-order valence-corrected chi connectivity index (χ4v) is 1.29. The molecule has 16 heavy (non-hydrogen) atoms. The van der Waals surface area contributed by atoms with Crippen LogP contribution in [0.1, 0.15) is 20.3 Å². The minimum atomic E-state index is 0.394. The number of hydrogen-bond donors (Lipinski definition) is 1. The highest BCUT2D eigenvalue weighted by Crippen LogP contribution is 2.09. The molecule has 5 heteroatoms. The van der Waals surface area contributed by atoms with E-state index in [1.165, 1.54) is 0 Å². The predicted octanol–water partition coefficient (Wildman–Crippen LogP) is 2.60. The van der Waals surface area contributed by atoms with Crippen LogP contribution in [-0.4, -0.2) is 30.0 Å². The second-order valence-electron chi connectivity index (χ2n) is 3.99. The molecule has 0 aliphatic rings. The van der Waals surface area contributed by atoms with Gasteiger partial charge < -0.3 is 10.1 Å². The first-order valence-electron chi connectivity index (χ1n) is 5.48. The topological polar surface area (TPSA) is 47.0 Å². The van der Waals surface area contributed by atoms with Gasteiger partial charge in [0.1, 0.15) is 0 Å². The summed E-state index contributed by atoms with van der Waals surface area (Å²) in [5.74, 6) is 0.691. The third-order valence-electron chi connectivity index (χ3n) is 2.04. The first-order chi connectivity index (χ1) is 7.68. The quantitative estimate of drug-likeness (QED) is 0.748. The van der Waals surface area contributed by atoms with Crippen molar-refractivity contribution in [3.8, 4) is 0 Å². The largest absolute Gasteiger partial charge is 0.381 e. The van der Waals surface area contributed by atoms with Gasteiger partial charge in [0.2, 0.25) is 0 Å². The van der Waals surface area contributed by atoms with Crippen molar-refractivity contribution in [2.24, 2.45) is 5.92 Å². The summed E-state index contributed by atoms with van der Waals surface area (Å²) < 4.78 is 5.46. The highest BCUT2D eigenvalue weighted by molar-refractivity contribution is 6.29. The molecule has 0 bridgehead atoms. The minimum absolute atomic E-state index is 0.394. The van der Waals surface area contributed by atoms with Crippen LogP contribution >= 0.6 is 11.6 Å². The number of ether oxygens (including phenoxy) is 1. The number of hydrogen-bond acceptors (Lipinski definition) is 4. The van der Waals surface area contributed by atoms with Gasteiger partial charge in [0.05, 0.1) is 18.5 Å². The second-order valence-corrected chi connectivity index (χ2v) is 4.38. The third kappa shape index (κ3) is 5.88. The molecule has 0 aromatic carbocycles. The van der Waals surface area contributed by atoms with E-state index in [4.69, 9.17) is 16.3 Å². The standard InChI is InChI=1S/C11H18ClN3O/c1-9(2)3-5-16-6-4-13-10-7-11(12)15-14-8-10/h7-9H,3-6H2,1-2H3,(H,13,15). The fourth-order valence-electron chi connectivity index (χ4n) is 1.13.